The van der Waals surface area contributed by atoms with Gasteiger partial charge in [-0.05, 0) is 30.2 Å². The fourth-order valence-electron chi connectivity index (χ4n) is 1.78. The van der Waals surface area contributed by atoms with E-state index in [2.05, 4.69) is 23.3 Å². The molecule has 0 aliphatic heterocycles. The number of thiol groups is 1. The quantitative estimate of drug-likeness (QED) is 0.380. The van der Waals surface area contributed by atoms with Crippen molar-refractivity contribution in [2.24, 2.45) is 5.73 Å². The highest BCUT2D eigenvalue weighted by molar-refractivity contribution is 7.82. The van der Waals surface area contributed by atoms with Gasteiger partial charge >= 0.3 is 5.97 Å². The van der Waals surface area contributed by atoms with Gasteiger partial charge in [0.1, 0.15) is 4.87 Å². The number of carbonyl (C=O) groups excluding carboxylic acids is 2. The number of nitrogens with two attached hydrogens (primary N) is 1. The van der Waals surface area contributed by atoms with Gasteiger partial charge in [0.15, 0.2) is 0 Å². The van der Waals surface area contributed by atoms with Crippen molar-refractivity contribution in [3.8, 4) is 0 Å². The van der Waals surface area contributed by atoms with Gasteiger partial charge in [-0.2, -0.15) is 0 Å². The number of aliphatic carboxylic acids is 1. The van der Waals surface area contributed by atoms with E-state index in [0.29, 0.717) is 5.69 Å². The molecule has 0 aliphatic carbocycles. The van der Waals surface area contributed by atoms with E-state index in [-0.39, 0.29) is 12.3 Å². The van der Waals surface area contributed by atoms with E-state index < -0.39 is 23.2 Å². The number of rotatable bonds is 6. The molecular weight excluding hydrogens is 354 g/mol. The van der Waals surface area contributed by atoms with Gasteiger partial charge in [-0.15, -0.1) is 12.6 Å². The van der Waals surface area contributed by atoms with Crippen molar-refractivity contribution >= 4 is 36.1 Å². The Labute approximate surface area is 161 Å². The van der Waals surface area contributed by atoms with Crippen LogP contribution in [0.1, 0.15) is 45.2 Å². The van der Waals surface area contributed by atoms with Crippen molar-refractivity contribution in [2.45, 2.75) is 52.3 Å². The summed E-state index contributed by atoms with van der Waals surface area (Å²) < 4.78 is 0. The molecule has 1 rings (SSSR count). The number of carbonyl (C=O) groups is 3. The molecule has 0 fully saturated rings. The van der Waals surface area contributed by atoms with Crippen LogP contribution in [0.5, 0.6) is 0 Å². The molecule has 2 amide bonds. The average Bonchev–Trinajstić information content (AvgIpc) is 2.59. The molecule has 0 spiro atoms. The highest BCUT2D eigenvalue weighted by Crippen LogP contribution is 2.19. The second-order valence-corrected chi connectivity index (χ2v) is 5.74. The molecule has 1 aromatic carbocycles. The summed E-state index contributed by atoms with van der Waals surface area (Å²) in [6.07, 6.45) is -0.362. The zero-order valence-electron chi connectivity index (χ0n) is 16.3. The number of nitrogens with one attached hydrogen (secondary N) is 2. The van der Waals surface area contributed by atoms with Crippen LogP contribution in [0.3, 0.4) is 0 Å². The third-order valence-corrected chi connectivity index (χ3v) is 3.41. The summed E-state index contributed by atoms with van der Waals surface area (Å²) >= 11 is 3.89. The van der Waals surface area contributed by atoms with E-state index in [4.69, 9.17) is 10.8 Å². The lowest BCUT2D eigenvalue weighted by Crippen LogP contribution is -2.47. The van der Waals surface area contributed by atoms with Gasteiger partial charge in [0.2, 0.25) is 5.91 Å². The van der Waals surface area contributed by atoms with Gasteiger partial charge in [0.25, 0.3) is 5.91 Å². The molecular formula is C18H31N3O4S. The van der Waals surface area contributed by atoms with Crippen molar-refractivity contribution in [1.82, 2.24) is 5.32 Å². The lowest BCUT2D eigenvalue weighted by Gasteiger charge is -2.20. The van der Waals surface area contributed by atoms with Crippen LogP contribution in [0, 0.1) is 6.92 Å². The third kappa shape index (κ3) is 9.43. The van der Waals surface area contributed by atoms with Crippen molar-refractivity contribution in [2.75, 3.05) is 12.4 Å². The minimum atomic E-state index is -1.81. The van der Waals surface area contributed by atoms with Crippen LogP contribution < -0.4 is 16.4 Å². The molecule has 26 heavy (non-hydrogen) atoms. The van der Waals surface area contributed by atoms with Crippen LogP contribution in [0.2, 0.25) is 0 Å². The standard InChI is InChI=1S/C14H19N3O4S.2C2H6/c1-8-5-10(4-3-9(8)6-11(18)16-2)17-13(21)14(15,22)7-12(19)20;2*1-2/h3-5,22H,6-7,15H2,1-2H3,(H,16,18)(H,17,21)(H,19,20);2*1-2H3. The minimum Gasteiger partial charge on any atom is -0.481 e. The Morgan fingerprint density at radius 3 is 2.15 bits per heavy atom. The molecule has 0 heterocycles. The molecule has 7 nitrogen and oxygen atoms in total. The van der Waals surface area contributed by atoms with Crippen LogP contribution in [0.15, 0.2) is 18.2 Å². The van der Waals surface area contributed by atoms with Crippen LogP contribution >= 0.6 is 12.6 Å². The Kier molecular flexibility index (Phi) is 13.3. The Hall–Kier alpha value is -2.06. The van der Waals surface area contributed by atoms with E-state index >= 15 is 0 Å². The maximum absolute atomic E-state index is 12.0. The summed E-state index contributed by atoms with van der Waals surface area (Å²) in [4.78, 5) is 32.2. The normalized spacial score (nSPS) is 11.5. The molecule has 0 saturated carbocycles. The maximum Gasteiger partial charge on any atom is 0.306 e. The number of amides is 2. The molecule has 0 radical (unpaired) electrons. The molecule has 0 saturated heterocycles. The Morgan fingerprint density at radius 2 is 1.73 bits per heavy atom. The fraction of sp³-hybridized carbons (Fsp3) is 0.500. The molecule has 148 valence electrons. The lowest BCUT2D eigenvalue weighted by atomic mass is 10.0. The van der Waals surface area contributed by atoms with Crippen molar-refractivity contribution in [1.29, 1.82) is 0 Å². The van der Waals surface area contributed by atoms with Crippen molar-refractivity contribution in [3.63, 3.8) is 0 Å². The molecule has 1 atom stereocenters. The van der Waals surface area contributed by atoms with Gasteiger partial charge in [0.05, 0.1) is 12.8 Å². The molecule has 1 unspecified atom stereocenters. The van der Waals surface area contributed by atoms with E-state index in [1.165, 1.54) is 0 Å². The smallest absolute Gasteiger partial charge is 0.306 e. The second-order valence-electron chi connectivity index (χ2n) is 4.94. The summed E-state index contributed by atoms with van der Waals surface area (Å²) in [7, 11) is 1.56. The topological polar surface area (TPSA) is 122 Å². The number of hydrogen-bond donors (Lipinski definition) is 5. The van der Waals surface area contributed by atoms with Crippen LogP contribution in [0.25, 0.3) is 0 Å². The van der Waals surface area contributed by atoms with Gasteiger partial charge in [-0.1, -0.05) is 33.8 Å². The van der Waals surface area contributed by atoms with Crippen LogP contribution in [0.4, 0.5) is 5.69 Å². The number of likely N-dealkylation sites (N-methyl/N-ethyl adjacent to an activating group) is 1. The summed E-state index contributed by atoms with van der Waals surface area (Å²) in [6.45, 7) is 9.81. The SMILES string of the molecule is CC.CC.CNC(=O)Cc1ccc(NC(=O)C(N)(S)CC(=O)O)cc1C. The molecule has 0 bridgehead atoms. The average molecular weight is 386 g/mol. The monoisotopic (exact) mass is 385 g/mol. The van der Waals surface area contributed by atoms with E-state index in [9.17, 15) is 14.4 Å². The van der Waals surface area contributed by atoms with E-state index in [1.54, 1.807) is 25.2 Å². The first-order valence-electron chi connectivity index (χ1n) is 8.50. The van der Waals surface area contributed by atoms with Crippen molar-refractivity contribution < 1.29 is 19.5 Å². The summed E-state index contributed by atoms with van der Waals surface area (Å²) in [5.74, 6) is -2.04. The molecule has 5 N–H and O–H groups in total. The molecule has 8 heteroatoms. The minimum absolute atomic E-state index is 0.113. The highest BCUT2D eigenvalue weighted by atomic mass is 32.1. The fourth-order valence-corrected chi connectivity index (χ4v) is 1.97. The Bertz CT molecular complexity index is 604. The molecule has 1 aromatic rings. The number of carboxylic acid groups (broad SMARTS) is 1. The first-order chi connectivity index (χ1) is 12.2. The van der Waals surface area contributed by atoms with Gasteiger partial charge < -0.3 is 21.5 Å². The van der Waals surface area contributed by atoms with Crippen molar-refractivity contribution in [3.05, 3.63) is 29.3 Å². The van der Waals surface area contributed by atoms with E-state index in [0.717, 1.165) is 11.1 Å². The number of carboxylic acids is 1. The Balaban J connectivity index is 0. The highest BCUT2D eigenvalue weighted by Gasteiger charge is 2.32. The first kappa shape index (κ1) is 26.2. The summed E-state index contributed by atoms with van der Waals surface area (Å²) in [5.41, 5.74) is 7.68. The first-order valence-corrected chi connectivity index (χ1v) is 8.95. The zero-order chi connectivity index (χ0) is 20.9. The number of benzene rings is 1. The summed E-state index contributed by atoms with van der Waals surface area (Å²) in [6, 6.07) is 5.02. The van der Waals surface area contributed by atoms with Crippen LogP contribution in [-0.2, 0) is 20.8 Å². The van der Waals surface area contributed by atoms with Gasteiger partial charge in [0, 0.05) is 12.7 Å². The third-order valence-electron chi connectivity index (χ3n) is 3.04. The molecule has 0 aromatic heterocycles. The zero-order valence-corrected chi connectivity index (χ0v) is 17.2. The van der Waals surface area contributed by atoms with Gasteiger partial charge in [-0.25, -0.2) is 0 Å². The Morgan fingerprint density at radius 1 is 1.19 bits per heavy atom. The number of anilines is 1. The second kappa shape index (κ2) is 13.2. The predicted molar refractivity (Wildman–Crippen MR) is 108 cm³/mol. The van der Waals surface area contributed by atoms with E-state index in [1.807, 2.05) is 34.6 Å². The predicted octanol–water partition coefficient (Wildman–Crippen LogP) is 2.33. The molecule has 0 aliphatic rings. The number of aryl methyl sites for hydroxylation is 1. The maximum atomic E-state index is 12.0. The number of hydrogen-bond acceptors (Lipinski definition) is 5. The summed E-state index contributed by atoms with van der Waals surface area (Å²) in [5, 5.41) is 13.8. The lowest BCUT2D eigenvalue weighted by molar-refractivity contribution is -0.139. The van der Waals surface area contributed by atoms with Gasteiger partial charge in [-0.3, -0.25) is 14.4 Å². The largest absolute Gasteiger partial charge is 0.481 e. The van der Waals surface area contributed by atoms with Crippen LogP contribution in [-0.4, -0.2) is 34.8 Å².